The summed E-state index contributed by atoms with van der Waals surface area (Å²) in [6.07, 6.45) is 2.28. The van der Waals surface area contributed by atoms with Crippen LogP contribution in [0.5, 0.6) is 0 Å². The summed E-state index contributed by atoms with van der Waals surface area (Å²) >= 11 is 0. The lowest BCUT2D eigenvalue weighted by molar-refractivity contribution is -0.384. The van der Waals surface area contributed by atoms with E-state index in [1.54, 1.807) is 0 Å². The maximum Gasteiger partial charge on any atom is 0.354 e. The molecule has 9 nitrogen and oxygen atoms in total. The molecule has 3 N–H and O–H groups in total. The number of carbonyl (C=O) groups excluding carboxylic acids is 1. The van der Waals surface area contributed by atoms with Crippen molar-refractivity contribution in [2.45, 2.75) is 0 Å². The number of H-pyrrole nitrogens is 1. The average Bonchev–Trinajstić information content (AvgIpc) is 2.89. The number of carbonyl (C=O) groups is 2. The fourth-order valence-corrected chi connectivity index (χ4v) is 1.41. The zero-order valence-electron chi connectivity index (χ0n) is 9.86. The number of aromatic nitrogens is 2. The highest BCUT2D eigenvalue weighted by Crippen LogP contribution is 2.14. The average molecular weight is 276 g/mol. The lowest BCUT2D eigenvalue weighted by Crippen LogP contribution is -2.12. The number of anilines is 1. The number of carboxylic acids is 1. The van der Waals surface area contributed by atoms with Gasteiger partial charge in [-0.1, -0.05) is 0 Å². The van der Waals surface area contributed by atoms with Crippen LogP contribution in [0.25, 0.3) is 0 Å². The van der Waals surface area contributed by atoms with Gasteiger partial charge < -0.3 is 15.4 Å². The number of hydrogen-bond donors (Lipinski definition) is 3. The number of amides is 1. The predicted octanol–water partition coefficient (Wildman–Crippen LogP) is 1.27. The van der Waals surface area contributed by atoms with Gasteiger partial charge in [0.25, 0.3) is 11.6 Å². The van der Waals surface area contributed by atoms with Crippen molar-refractivity contribution in [3.63, 3.8) is 0 Å². The summed E-state index contributed by atoms with van der Waals surface area (Å²) in [4.78, 5) is 38.3. The van der Waals surface area contributed by atoms with Gasteiger partial charge >= 0.3 is 5.97 Å². The molecular formula is C11H8N4O5. The van der Waals surface area contributed by atoms with Crippen LogP contribution < -0.4 is 5.32 Å². The number of nitrogens with one attached hydrogen (secondary N) is 2. The number of nitro groups is 1. The van der Waals surface area contributed by atoms with E-state index in [0.29, 0.717) is 0 Å². The first kappa shape index (κ1) is 13.2. The maximum atomic E-state index is 11.8. The van der Waals surface area contributed by atoms with Crippen molar-refractivity contribution in [1.82, 2.24) is 9.97 Å². The normalized spacial score (nSPS) is 10.0. The molecule has 0 aliphatic rings. The lowest BCUT2D eigenvalue weighted by atomic mass is 10.3. The van der Waals surface area contributed by atoms with Gasteiger partial charge in [0, 0.05) is 6.07 Å². The third-order valence-electron chi connectivity index (χ3n) is 2.36. The third-order valence-corrected chi connectivity index (χ3v) is 2.36. The standard InChI is InChI=1S/C11H8N4O5/c16-10(9-3-7(5-13-9)15(19)20)14-6-1-2-8(11(17)18)12-4-6/h1-5,13H,(H,14,16)(H,17,18). The molecule has 20 heavy (non-hydrogen) atoms. The smallest absolute Gasteiger partial charge is 0.354 e. The summed E-state index contributed by atoms with van der Waals surface area (Å²) in [5.74, 6) is -1.77. The summed E-state index contributed by atoms with van der Waals surface area (Å²) in [5.41, 5.74) is -0.0933. The highest BCUT2D eigenvalue weighted by atomic mass is 16.6. The molecule has 0 unspecified atom stereocenters. The van der Waals surface area contributed by atoms with Gasteiger partial charge in [-0.3, -0.25) is 14.9 Å². The van der Waals surface area contributed by atoms with Gasteiger partial charge in [0.05, 0.1) is 23.0 Å². The van der Waals surface area contributed by atoms with Crippen LogP contribution in [0.1, 0.15) is 21.0 Å². The largest absolute Gasteiger partial charge is 0.477 e. The molecule has 2 heterocycles. The Kier molecular flexibility index (Phi) is 3.42. The van der Waals surface area contributed by atoms with Crippen molar-refractivity contribution in [2.24, 2.45) is 0 Å². The van der Waals surface area contributed by atoms with E-state index in [-0.39, 0.29) is 22.8 Å². The number of aromatic amines is 1. The molecule has 0 spiro atoms. The highest BCUT2D eigenvalue weighted by Gasteiger charge is 2.14. The summed E-state index contributed by atoms with van der Waals surface area (Å²) in [6, 6.07) is 3.69. The van der Waals surface area contributed by atoms with E-state index in [0.717, 1.165) is 12.3 Å². The molecule has 0 saturated carbocycles. The number of carboxylic acid groups (broad SMARTS) is 1. The third kappa shape index (κ3) is 2.77. The van der Waals surface area contributed by atoms with Crippen LogP contribution in [0.15, 0.2) is 30.6 Å². The van der Waals surface area contributed by atoms with Crippen molar-refractivity contribution >= 4 is 23.3 Å². The van der Waals surface area contributed by atoms with E-state index < -0.39 is 16.8 Å². The van der Waals surface area contributed by atoms with Crippen LogP contribution >= 0.6 is 0 Å². The summed E-state index contributed by atoms with van der Waals surface area (Å²) in [7, 11) is 0. The first-order valence-corrected chi connectivity index (χ1v) is 5.31. The zero-order valence-corrected chi connectivity index (χ0v) is 9.86. The van der Waals surface area contributed by atoms with Crippen molar-refractivity contribution in [1.29, 1.82) is 0 Å². The Morgan fingerprint density at radius 1 is 1.40 bits per heavy atom. The Balaban J connectivity index is 2.10. The van der Waals surface area contributed by atoms with Crippen molar-refractivity contribution in [3.8, 4) is 0 Å². The summed E-state index contributed by atoms with van der Waals surface area (Å²) in [5, 5.41) is 21.6. The highest BCUT2D eigenvalue weighted by molar-refractivity contribution is 6.03. The predicted molar refractivity (Wildman–Crippen MR) is 66.6 cm³/mol. The second-order valence-corrected chi connectivity index (χ2v) is 3.72. The molecule has 0 aromatic carbocycles. The molecule has 102 valence electrons. The molecule has 0 fully saturated rings. The van der Waals surface area contributed by atoms with E-state index in [4.69, 9.17) is 5.11 Å². The van der Waals surface area contributed by atoms with Crippen LogP contribution in [0.4, 0.5) is 11.4 Å². The topological polar surface area (TPSA) is 138 Å². The van der Waals surface area contributed by atoms with Crippen molar-refractivity contribution in [2.75, 3.05) is 5.32 Å². The second kappa shape index (κ2) is 5.18. The molecule has 0 saturated heterocycles. The van der Waals surface area contributed by atoms with E-state index >= 15 is 0 Å². The van der Waals surface area contributed by atoms with Crippen LogP contribution in [0.2, 0.25) is 0 Å². The van der Waals surface area contributed by atoms with E-state index in [2.05, 4.69) is 15.3 Å². The minimum Gasteiger partial charge on any atom is -0.477 e. The van der Waals surface area contributed by atoms with Crippen molar-refractivity contribution in [3.05, 3.63) is 52.1 Å². The van der Waals surface area contributed by atoms with E-state index in [9.17, 15) is 19.7 Å². The Hall–Kier alpha value is -3.23. The number of aromatic carboxylic acids is 1. The van der Waals surface area contributed by atoms with Gasteiger partial charge in [-0.05, 0) is 12.1 Å². The summed E-state index contributed by atoms with van der Waals surface area (Å²) < 4.78 is 0. The van der Waals surface area contributed by atoms with Gasteiger partial charge in [0.2, 0.25) is 0 Å². The van der Waals surface area contributed by atoms with Gasteiger partial charge in [-0.2, -0.15) is 0 Å². The molecule has 2 aromatic rings. The molecule has 9 heteroatoms. The quantitative estimate of drug-likeness (QED) is 0.567. The molecule has 0 aliphatic heterocycles. The maximum absolute atomic E-state index is 11.8. The Morgan fingerprint density at radius 3 is 2.65 bits per heavy atom. The Morgan fingerprint density at radius 2 is 2.15 bits per heavy atom. The Labute approximate surface area is 111 Å². The monoisotopic (exact) mass is 276 g/mol. The molecule has 2 rings (SSSR count). The van der Waals surface area contributed by atoms with Crippen LogP contribution in [0.3, 0.4) is 0 Å². The van der Waals surface area contributed by atoms with Gasteiger partial charge in [0.1, 0.15) is 11.4 Å². The number of pyridine rings is 1. The van der Waals surface area contributed by atoms with Crippen LogP contribution in [0, 0.1) is 10.1 Å². The molecular weight excluding hydrogens is 268 g/mol. The van der Waals surface area contributed by atoms with Crippen LogP contribution in [-0.2, 0) is 0 Å². The lowest BCUT2D eigenvalue weighted by Gasteiger charge is -2.03. The van der Waals surface area contributed by atoms with Crippen LogP contribution in [-0.4, -0.2) is 31.9 Å². The molecule has 0 atom stereocenters. The fraction of sp³-hybridized carbons (Fsp3) is 0. The van der Waals surface area contributed by atoms with E-state index in [1.165, 1.54) is 18.3 Å². The molecule has 2 aromatic heterocycles. The SMILES string of the molecule is O=C(O)c1ccc(NC(=O)c2cc([N+](=O)[O-])c[nH]2)cn1. The van der Waals surface area contributed by atoms with Gasteiger partial charge in [0.15, 0.2) is 0 Å². The minimum absolute atomic E-state index is 0.0130. The minimum atomic E-state index is -1.18. The Bertz CT molecular complexity index is 676. The first-order valence-electron chi connectivity index (χ1n) is 5.31. The van der Waals surface area contributed by atoms with Crippen molar-refractivity contribution < 1.29 is 19.6 Å². The molecule has 0 radical (unpaired) electrons. The van der Waals surface area contributed by atoms with Gasteiger partial charge in [-0.15, -0.1) is 0 Å². The molecule has 0 bridgehead atoms. The second-order valence-electron chi connectivity index (χ2n) is 3.72. The summed E-state index contributed by atoms with van der Waals surface area (Å²) in [6.45, 7) is 0. The number of hydrogen-bond acceptors (Lipinski definition) is 5. The number of nitrogens with zero attached hydrogens (tertiary/aromatic N) is 2. The molecule has 1 amide bonds. The zero-order chi connectivity index (χ0) is 14.7. The first-order chi connectivity index (χ1) is 9.47. The fourth-order valence-electron chi connectivity index (χ4n) is 1.41. The van der Waals surface area contributed by atoms with Gasteiger partial charge in [-0.25, -0.2) is 9.78 Å². The van der Waals surface area contributed by atoms with E-state index in [1.807, 2.05) is 0 Å². The number of rotatable bonds is 4. The molecule has 0 aliphatic carbocycles.